The molecule has 0 aliphatic rings. The van der Waals surface area contributed by atoms with Crippen molar-refractivity contribution >= 4 is 22.7 Å². The number of halogens is 1. The van der Waals surface area contributed by atoms with Crippen molar-refractivity contribution in [1.82, 2.24) is 10.2 Å². The fourth-order valence-electron chi connectivity index (χ4n) is 2.33. The Morgan fingerprint density at radius 3 is 2.43 bits per heavy atom. The first-order valence-corrected chi connectivity index (χ1v) is 8.02. The molecule has 0 saturated heterocycles. The van der Waals surface area contributed by atoms with Gasteiger partial charge in [0.25, 0.3) is 0 Å². The number of H-pyrrole nitrogens is 1. The van der Waals surface area contributed by atoms with Crippen LogP contribution in [0.5, 0.6) is 0 Å². The van der Waals surface area contributed by atoms with Crippen molar-refractivity contribution in [2.24, 2.45) is 0 Å². The number of aryl methyl sites for hydroxylation is 1. The number of aromatic amines is 1. The molecule has 0 aliphatic heterocycles. The van der Waals surface area contributed by atoms with E-state index >= 15 is 0 Å². The van der Waals surface area contributed by atoms with E-state index in [-0.39, 0.29) is 34.5 Å². The summed E-state index contributed by atoms with van der Waals surface area (Å²) in [5.41, 5.74) is 4.48. The van der Waals surface area contributed by atoms with E-state index in [0.29, 0.717) is 5.15 Å². The predicted octanol–water partition coefficient (Wildman–Crippen LogP) is 0.948. The molecular formula is C16H12ClN2NaO2S. The summed E-state index contributed by atoms with van der Waals surface area (Å²) in [5, 5.41) is 7.38. The number of nitrogens with zero attached hydrogens (tertiary/aromatic N) is 1. The molecule has 2 aromatic carbocycles. The Balaban J connectivity index is 0.00000192. The number of nitrogens with one attached hydrogen (secondary N) is 1. The first kappa shape index (κ1) is 18.4. The van der Waals surface area contributed by atoms with Gasteiger partial charge in [-0.25, -0.2) is 0 Å². The summed E-state index contributed by atoms with van der Waals surface area (Å²) in [6.07, 6.45) is 0. The summed E-state index contributed by atoms with van der Waals surface area (Å²) in [4.78, 5) is 0.242. The van der Waals surface area contributed by atoms with Gasteiger partial charge in [-0.2, -0.15) is 5.10 Å². The summed E-state index contributed by atoms with van der Waals surface area (Å²) in [7, 11) is 0. The van der Waals surface area contributed by atoms with Gasteiger partial charge in [0, 0.05) is 16.0 Å². The Labute approximate surface area is 163 Å². The average Bonchev–Trinajstić information content (AvgIpc) is 2.89. The first-order valence-electron chi connectivity index (χ1n) is 6.57. The normalized spacial score (nSPS) is 11.8. The molecule has 3 aromatic rings. The molecule has 0 fully saturated rings. The fraction of sp³-hybridized carbons (Fsp3) is 0.0625. The molecule has 4 nitrogen and oxygen atoms in total. The second kappa shape index (κ2) is 7.75. The monoisotopic (exact) mass is 354 g/mol. The van der Waals surface area contributed by atoms with Gasteiger partial charge in [0.05, 0.1) is 5.69 Å². The molecule has 1 aromatic heterocycles. The molecule has 1 N–H and O–H groups in total. The van der Waals surface area contributed by atoms with Crippen LogP contribution in [-0.2, 0) is 11.1 Å². The molecule has 3 rings (SSSR count). The molecule has 0 saturated carbocycles. The van der Waals surface area contributed by atoms with Crippen LogP contribution in [-0.4, -0.2) is 19.0 Å². The van der Waals surface area contributed by atoms with Gasteiger partial charge in [0.1, 0.15) is 0 Å². The molecule has 23 heavy (non-hydrogen) atoms. The SMILES string of the molecule is Cc1cccc(-c2c(Cl)n[nH]c2-c2ccc(S(=O)[O-])cc2)c1.[Na+]. The largest absolute Gasteiger partial charge is 1.00 e. The van der Waals surface area contributed by atoms with Crippen molar-refractivity contribution in [2.45, 2.75) is 11.8 Å². The maximum absolute atomic E-state index is 10.9. The number of hydrogen-bond donors (Lipinski definition) is 1. The van der Waals surface area contributed by atoms with E-state index in [2.05, 4.69) is 10.2 Å². The maximum Gasteiger partial charge on any atom is 1.00 e. The number of hydrogen-bond acceptors (Lipinski definition) is 3. The van der Waals surface area contributed by atoms with E-state index in [9.17, 15) is 8.76 Å². The van der Waals surface area contributed by atoms with Crippen molar-refractivity contribution in [3.8, 4) is 22.4 Å². The quantitative estimate of drug-likeness (QED) is 0.562. The molecule has 0 amide bonds. The van der Waals surface area contributed by atoms with Crippen molar-refractivity contribution in [1.29, 1.82) is 0 Å². The molecular weight excluding hydrogens is 343 g/mol. The zero-order valence-corrected chi connectivity index (χ0v) is 16.2. The molecule has 0 spiro atoms. The third kappa shape index (κ3) is 3.94. The summed E-state index contributed by atoms with van der Waals surface area (Å²) < 4.78 is 21.9. The van der Waals surface area contributed by atoms with Gasteiger partial charge in [0.15, 0.2) is 5.15 Å². The van der Waals surface area contributed by atoms with E-state index < -0.39 is 11.1 Å². The van der Waals surface area contributed by atoms with Crippen LogP contribution in [0.2, 0.25) is 5.15 Å². The van der Waals surface area contributed by atoms with Crippen LogP contribution >= 0.6 is 11.6 Å². The average molecular weight is 355 g/mol. The zero-order chi connectivity index (χ0) is 15.7. The Morgan fingerprint density at radius 2 is 1.83 bits per heavy atom. The molecule has 1 unspecified atom stereocenters. The van der Waals surface area contributed by atoms with Gasteiger partial charge in [0.2, 0.25) is 0 Å². The number of aromatic nitrogens is 2. The van der Waals surface area contributed by atoms with Crippen molar-refractivity contribution in [3.63, 3.8) is 0 Å². The van der Waals surface area contributed by atoms with Crippen molar-refractivity contribution in [2.75, 3.05) is 0 Å². The zero-order valence-electron chi connectivity index (χ0n) is 12.7. The first-order chi connectivity index (χ1) is 10.6. The second-order valence-corrected chi connectivity index (χ2v) is 6.19. The van der Waals surface area contributed by atoms with Crippen LogP contribution in [0.4, 0.5) is 0 Å². The van der Waals surface area contributed by atoms with E-state index in [0.717, 1.165) is 27.9 Å². The number of rotatable bonds is 3. The van der Waals surface area contributed by atoms with Gasteiger partial charge in [-0.15, -0.1) is 0 Å². The van der Waals surface area contributed by atoms with Gasteiger partial charge >= 0.3 is 29.6 Å². The Morgan fingerprint density at radius 1 is 1.13 bits per heavy atom. The molecule has 0 aliphatic carbocycles. The van der Waals surface area contributed by atoms with Gasteiger partial charge in [-0.1, -0.05) is 53.6 Å². The maximum atomic E-state index is 10.9. The van der Waals surface area contributed by atoms with E-state index in [1.54, 1.807) is 24.3 Å². The molecule has 0 bridgehead atoms. The molecule has 1 heterocycles. The van der Waals surface area contributed by atoms with E-state index in [1.165, 1.54) is 0 Å². The van der Waals surface area contributed by atoms with Crippen LogP contribution in [0.3, 0.4) is 0 Å². The van der Waals surface area contributed by atoms with E-state index in [4.69, 9.17) is 11.6 Å². The smallest absolute Gasteiger partial charge is 0.768 e. The molecule has 0 radical (unpaired) electrons. The third-order valence-corrected chi connectivity index (χ3v) is 4.29. The van der Waals surface area contributed by atoms with Crippen LogP contribution in [0.15, 0.2) is 53.4 Å². The molecule has 7 heteroatoms. The Hall–Kier alpha value is -0.950. The Bertz CT molecular complexity index is 850. The predicted molar refractivity (Wildman–Crippen MR) is 86.4 cm³/mol. The minimum atomic E-state index is -2.23. The van der Waals surface area contributed by atoms with Gasteiger partial charge in [-0.3, -0.25) is 9.31 Å². The van der Waals surface area contributed by atoms with Gasteiger partial charge < -0.3 is 4.55 Å². The van der Waals surface area contributed by atoms with Crippen LogP contribution in [0, 0.1) is 6.92 Å². The minimum Gasteiger partial charge on any atom is -0.768 e. The Kier molecular flexibility index (Phi) is 6.19. The summed E-state index contributed by atoms with van der Waals surface area (Å²) >= 11 is 3.99. The summed E-state index contributed by atoms with van der Waals surface area (Å²) in [5.74, 6) is 0. The van der Waals surface area contributed by atoms with Crippen LogP contribution < -0.4 is 29.6 Å². The van der Waals surface area contributed by atoms with E-state index in [1.807, 2.05) is 31.2 Å². The van der Waals surface area contributed by atoms with Crippen molar-refractivity contribution in [3.05, 3.63) is 59.2 Å². The topological polar surface area (TPSA) is 68.8 Å². The summed E-state index contributed by atoms with van der Waals surface area (Å²) in [6.45, 7) is 2.01. The third-order valence-electron chi connectivity index (χ3n) is 3.36. The minimum absolute atomic E-state index is 0. The fourth-order valence-corrected chi connectivity index (χ4v) is 2.93. The standard InChI is InChI=1S/C16H13ClN2O2S.Na/c1-10-3-2-4-12(9-10)14-15(18-19-16(14)17)11-5-7-13(8-6-11)22(20)21;/h2-9H,1H3,(H,18,19)(H,20,21);/q;+1/p-1. The van der Waals surface area contributed by atoms with Crippen LogP contribution in [0.1, 0.15) is 5.56 Å². The molecule has 112 valence electrons. The van der Waals surface area contributed by atoms with Crippen molar-refractivity contribution < 1.29 is 38.3 Å². The number of benzene rings is 2. The van der Waals surface area contributed by atoms with Crippen LogP contribution in [0.25, 0.3) is 22.4 Å². The van der Waals surface area contributed by atoms with Gasteiger partial charge in [-0.05, 0) is 35.7 Å². The second-order valence-electron chi connectivity index (χ2n) is 4.89. The molecule has 1 atom stereocenters. The summed E-state index contributed by atoms with van der Waals surface area (Å²) in [6, 6.07) is 14.5.